The van der Waals surface area contributed by atoms with Crippen molar-refractivity contribution in [3.8, 4) is 12.3 Å². The van der Waals surface area contributed by atoms with E-state index in [0.717, 1.165) is 5.56 Å². The van der Waals surface area contributed by atoms with Gasteiger partial charge >= 0.3 is 0 Å². The standard InChI is InChI=1S/C12H12ClNO/c1-2-9-14-12(15)8-5-10-3-6-11(13)7-4-10/h1,3-4,6-7H,5,8-9H2,(H,14,15). The molecule has 0 spiro atoms. The second kappa shape index (κ2) is 6.10. The van der Waals surface area contributed by atoms with Crippen molar-refractivity contribution in [2.24, 2.45) is 0 Å². The van der Waals surface area contributed by atoms with Crippen LogP contribution in [0.15, 0.2) is 24.3 Å². The van der Waals surface area contributed by atoms with Crippen LogP contribution in [0.2, 0.25) is 5.02 Å². The highest BCUT2D eigenvalue weighted by Crippen LogP contribution is 2.10. The third-order valence-electron chi connectivity index (χ3n) is 1.94. The zero-order chi connectivity index (χ0) is 11.1. The summed E-state index contributed by atoms with van der Waals surface area (Å²) in [5, 5.41) is 3.32. The van der Waals surface area contributed by atoms with Crippen LogP contribution in [-0.2, 0) is 11.2 Å². The molecule has 15 heavy (non-hydrogen) atoms. The summed E-state index contributed by atoms with van der Waals surface area (Å²) in [6, 6.07) is 7.46. The van der Waals surface area contributed by atoms with Crippen molar-refractivity contribution in [3.63, 3.8) is 0 Å². The van der Waals surface area contributed by atoms with E-state index in [0.29, 0.717) is 24.4 Å². The van der Waals surface area contributed by atoms with Crippen LogP contribution in [0.1, 0.15) is 12.0 Å². The van der Waals surface area contributed by atoms with Crippen molar-refractivity contribution in [1.82, 2.24) is 5.32 Å². The summed E-state index contributed by atoms with van der Waals surface area (Å²) in [4.78, 5) is 11.2. The first kappa shape index (κ1) is 11.6. The van der Waals surface area contributed by atoms with Gasteiger partial charge in [0.1, 0.15) is 0 Å². The van der Waals surface area contributed by atoms with Crippen LogP contribution in [0.4, 0.5) is 0 Å². The average molecular weight is 222 g/mol. The SMILES string of the molecule is C#CCNC(=O)CCc1ccc(Cl)cc1. The molecule has 0 aliphatic heterocycles. The highest BCUT2D eigenvalue weighted by Gasteiger charge is 2.00. The summed E-state index contributed by atoms with van der Waals surface area (Å²) in [6.45, 7) is 0.291. The smallest absolute Gasteiger partial charge is 0.221 e. The Labute approximate surface area is 94.6 Å². The molecular formula is C12H12ClNO. The molecule has 1 amide bonds. The molecule has 0 fully saturated rings. The largest absolute Gasteiger partial charge is 0.345 e. The summed E-state index contributed by atoms with van der Waals surface area (Å²) in [6.07, 6.45) is 6.17. The minimum Gasteiger partial charge on any atom is -0.345 e. The third-order valence-corrected chi connectivity index (χ3v) is 2.19. The predicted octanol–water partition coefficient (Wildman–Crippen LogP) is 2.02. The van der Waals surface area contributed by atoms with Crippen LogP contribution in [0, 0.1) is 12.3 Å². The molecular weight excluding hydrogens is 210 g/mol. The van der Waals surface area contributed by atoms with Crippen LogP contribution >= 0.6 is 11.6 Å². The number of carbonyl (C=O) groups is 1. The number of hydrogen-bond donors (Lipinski definition) is 1. The quantitative estimate of drug-likeness (QED) is 0.775. The van der Waals surface area contributed by atoms with E-state index in [1.807, 2.05) is 24.3 Å². The monoisotopic (exact) mass is 221 g/mol. The van der Waals surface area contributed by atoms with Gasteiger partial charge in [-0.15, -0.1) is 6.42 Å². The van der Waals surface area contributed by atoms with E-state index in [4.69, 9.17) is 18.0 Å². The Morgan fingerprint density at radius 1 is 1.40 bits per heavy atom. The summed E-state index contributed by atoms with van der Waals surface area (Å²) in [5.41, 5.74) is 1.09. The van der Waals surface area contributed by atoms with Crippen molar-refractivity contribution < 1.29 is 4.79 Å². The number of hydrogen-bond acceptors (Lipinski definition) is 1. The van der Waals surface area contributed by atoms with Gasteiger partial charge in [-0.3, -0.25) is 4.79 Å². The predicted molar refractivity (Wildman–Crippen MR) is 61.6 cm³/mol. The molecule has 1 rings (SSSR count). The molecule has 1 N–H and O–H groups in total. The maximum Gasteiger partial charge on any atom is 0.221 e. The van der Waals surface area contributed by atoms with Crippen LogP contribution in [0.3, 0.4) is 0 Å². The lowest BCUT2D eigenvalue weighted by molar-refractivity contribution is -0.120. The molecule has 2 nitrogen and oxygen atoms in total. The molecule has 0 radical (unpaired) electrons. The second-order valence-electron chi connectivity index (χ2n) is 3.11. The van der Waals surface area contributed by atoms with Gasteiger partial charge in [0, 0.05) is 11.4 Å². The molecule has 0 aliphatic rings. The number of halogens is 1. The third kappa shape index (κ3) is 4.53. The lowest BCUT2D eigenvalue weighted by Crippen LogP contribution is -2.23. The first-order valence-electron chi connectivity index (χ1n) is 4.67. The fraction of sp³-hybridized carbons (Fsp3) is 0.250. The first-order chi connectivity index (χ1) is 7.22. The van der Waals surface area contributed by atoms with E-state index in [2.05, 4.69) is 11.2 Å². The Morgan fingerprint density at radius 3 is 2.67 bits per heavy atom. The molecule has 78 valence electrons. The van der Waals surface area contributed by atoms with E-state index >= 15 is 0 Å². The van der Waals surface area contributed by atoms with Crippen LogP contribution in [0.25, 0.3) is 0 Å². The number of terminal acetylenes is 1. The summed E-state index contributed by atoms with van der Waals surface area (Å²) < 4.78 is 0. The minimum absolute atomic E-state index is 0.0251. The highest BCUT2D eigenvalue weighted by atomic mass is 35.5. The van der Waals surface area contributed by atoms with Crippen molar-refractivity contribution in [3.05, 3.63) is 34.9 Å². The molecule has 0 unspecified atom stereocenters. The summed E-state index contributed by atoms with van der Waals surface area (Å²) in [7, 11) is 0. The van der Waals surface area contributed by atoms with Gasteiger partial charge in [0.15, 0.2) is 0 Å². The molecule has 0 aliphatic carbocycles. The van der Waals surface area contributed by atoms with E-state index in [1.54, 1.807) is 0 Å². The van der Waals surface area contributed by atoms with E-state index in [-0.39, 0.29) is 5.91 Å². The van der Waals surface area contributed by atoms with Gasteiger partial charge in [0.25, 0.3) is 0 Å². The Kier molecular flexibility index (Phi) is 4.73. The van der Waals surface area contributed by atoms with Crippen molar-refractivity contribution in [2.45, 2.75) is 12.8 Å². The molecule has 0 bridgehead atoms. The fourth-order valence-electron chi connectivity index (χ4n) is 1.15. The number of carbonyl (C=O) groups excluding carboxylic acids is 1. The van der Waals surface area contributed by atoms with E-state index in [1.165, 1.54) is 0 Å². The van der Waals surface area contributed by atoms with Crippen LogP contribution in [-0.4, -0.2) is 12.5 Å². The zero-order valence-electron chi connectivity index (χ0n) is 8.29. The summed E-state index contributed by atoms with van der Waals surface area (Å²) in [5.74, 6) is 2.33. The normalized spacial score (nSPS) is 9.33. The average Bonchev–Trinajstić information content (AvgIpc) is 2.25. The van der Waals surface area contributed by atoms with Gasteiger partial charge in [-0.1, -0.05) is 29.7 Å². The Morgan fingerprint density at radius 2 is 2.07 bits per heavy atom. The van der Waals surface area contributed by atoms with Gasteiger partial charge in [-0.05, 0) is 24.1 Å². The summed E-state index contributed by atoms with van der Waals surface area (Å²) >= 11 is 5.74. The lowest BCUT2D eigenvalue weighted by atomic mass is 10.1. The Bertz CT molecular complexity index is 364. The Balaban J connectivity index is 2.34. The maximum atomic E-state index is 11.2. The molecule has 3 heteroatoms. The molecule has 0 heterocycles. The van der Waals surface area contributed by atoms with Crippen LogP contribution < -0.4 is 5.32 Å². The molecule has 1 aromatic rings. The number of benzene rings is 1. The van der Waals surface area contributed by atoms with Crippen molar-refractivity contribution in [2.75, 3.05) is 6.54 Å². The number of nitrogens with one attached hydrogen (secondary N) is 1. The first-order valence-corrected chi connectivity index (χ1v) is 5.05. The van der Waals surface area contributed by atoms with Gasteiger partial charge in [0.05, 0.1) is 6.54 Å². The number of rotatable bonds is 4. The maximum absolute atomic E-state index is 11.2. The topological polar surface area (TPSA) is 29.1 Å². The molecule has 1 aromatic carbocycles. The fourth-order valence-corrected chi connectivity index (χ4v) is 1.27. The van der Waals surface area contributed by atoms with Gasteiger partial charge in [-0.2, -0.15) is 0 Å². The van der Waals surface area contributed by atoms with Gasteiger partial charge < -0.3 is 5.32 Å². The number of aryl methyl sites for hydroxylation is 1. The molecule has 0 atom stereocenters. The number of amides is 1. The molecule has 0 saturated heterocycles. The lowest BCUT2D eigenvalue weighted by Gasteiger charge is -2.02. The molecule has 0 aromatic heterocycles. The van der Waals surface area contributed by atoms with Gasteiger partial charge in [0.2, 0.25) is 5.91 Å². The van der Waals surface area contributed by atoms with Crippen molar-refractivity contribution >= 4 is 17.5 Å². The van der Waals surface area contributed by atoms with Crippen molar-refractivity contribution in [1.29, 1.82) is 0 Å². The Hall–Kier alpha value is -1.46. The minimum atomic E-state index is -0.0251. The highest BCUT2D eigenvalue weighted by molar-refractivity contribution is 6.30. The second-order valence-corrected chi connectivity index (χ2v) is 3.54. The van der Waals surface area contributed by atoms with Gasteiger partial charge in [-0.25, -0.2) is 0 Å². The zero-order valence-corrected chi connectivity index (χ0v) is 9.05. The van der Waals surface area contributed by atoms with E-state index < -0.39 is 0 Å². The van der Waals surface area contributed by atoms with E-state index in [9.17, 15) is 4.79 Å². The molecule has 0 saturated carbocycles. The van der Waals surface area contributed by atoms with Crippen LogP contribution in [0.5, 0.6) is 0 Å².